The molecule has 0 radical (unpaired) electrons. The largest absolute Gasteiger partial charge is 0.384 e. The molecule has 0 amide bonds. The van der Waals surface area contributed by atoms with Gasteiger partial charge in [-0.2, -0.15) is 0 Å². The van der Waals surface area contributed by atoms with Gasteiger partial charge in [-0.3, -0.25) is 4.79 Å². The van der Waals surface area contributed by atoms with Crippen LogP contribution in [0.4, 0.5) is 5.69 Å². The number of carbonyl (C=O) groups excluding carboxylic acids is 1. The van der Waals surface area contributed by atoms with Crippen molar-refractivity contribution in [3.05, 3.63) is 52.6 Å². The van der Waals surface area contributed by atoms with Crippen molar-refractivity contribution >= 4 is 11.5 Å². The van der Waals surface area contributed by atoms with Crippen LogP contribution in [0, 0.1) is 29.1 Å². The van der Waals surface area contributed by atoms with Gasteiger partial charge in [0, 0.05) is 37.5 Å². The van der Waals surface area contributed by atoms with Gasteiger partial charge in [-0.15, -0.1) is 0 Å². The SMILES string of the molecule is CN(C)c1ccc([C@H]2C[C@@]3(C)[C@@H](CC[C@]3(O)C#CCO)[C@@H]3CCC4=CC(=O)CCC4=C32)cc1. The van der Waals surface area contributed by atoms with Crippen molar-refractivity contribution in [1.82, 2.24) is 0 Å². The molecule has 0 bridgehead atoms. The van der Waals surface area contributed by atoms with Gasteiger partial charge in [0.15, 0.2) is 5.78 Å². The molecule has 33 heavy (non-hydrogen) atoms. The summed E-state index contributed by atoms with van der Waals surface area (Å²) in [6.45, 7) is 2.01. The Bertz CT molecular complexity index is 1090. The third-order valence-corrected chi connectivity index (χ3v) is 9.07. The van der Waals surface area contributed by atoms with E-state index >= 15 is 0 Å². The van der Waals surface area contributed by atoms with E-state index in [0.29, 0.717) is 24.7 Å². The Labute approximate surface area is 197 Å². The van der Waals surface area contributed by atoms with E-state index in [1.165, 1.54) is 28.0 Å². The number of aliphatic hydroxyl groups excluding tert-OH is 1. The molecule has 1 aromatic rings. The quantitative estimate of drug-likeness (QED) is 0.664. The van der Waals surface area contributed by atoms with Crippen molar-refractivity contribution in [2.75, 3.05) is 25.6 Å². The van der Waals surface area contributed by atoms with E-state index in [1.807, 2.05) is 6.08 Å². The molecule has 0 spiro atoms. The lowest BCUT2D eigenvalue weighted by Gasteiger charge is -2.53. The summed E-state index contributed by atoms with van der Waals surface area (Å²) in [5, 5.41) is 21.1. The van der Waals surface area contributed by atoms with E-state index in [0.717, 1.165) is 32.1 Å². The molecule has 0 aliphatic heterocycles. The molecule has 4 aliphatic carbocycles. The predicted molar refractivity (Wildman–Crippen MR) is 131 cm³/mol. The highest BCUT2D eigenvalue weighted by Gasteiger charge is 2.62. The molecule has 174 valence electrons. The maximum atomic E-state index is 12.2. The molecule has 0 saturated heterocycles. The van der Waals surface area contributed by atoms with Crippen LogP contribution < -0.4 is 4.90 Å². The number of hydrogen-bond donors (Lipinski definition) is 2. The van der Waals surface area contributed by atoms with Gasteiger partial charge < -0.3 is 15.1 Å². The Balaban J connectivity index is 1.66. The summed E-state index contributed by atoms with van der Waals surface area (Å²) in [7, 11) is 4.11. The van der Waals surface area contributed by atoms with Crippen LogP contribution in [-0.4, -0.2) is 42.3 Å². The monoisotopic (exact) mass is 445 g/mol. The number of anilines is 1. The van der Waals surface area contributed by atoms with Crippen molar-refractivity contribution < 1.29 is 15.0 Å². The van der Waals surface area contributed by atoms with Crippen LogP contribution in [-0.2, 0) is 4.79 Å². The second kappa shape index (κ2) is 8.15. The second-order valence-corrected chi connectivity index (χ2v) is 10.8. The molecule has 1 aromatic carbocycles. The first-order valence-electron chi connectivity index (χ1n) is 12.3. The van der Waals surface area contributed by atoms with Gasteiger partial charge in [0.25, 0.3) is 0 Å². The number of benzene rings is 1. The van der Waals surface area contributed by atoms with Crippen molar-refractivity contribution in [1.29, 1.82) is 0 Å². The standard InChI is InChI=1S/C29H35NO3/c1-28-18-25(19-5-8-21(9-6-19)30(2)3)27-23-12-10-22(32)17-20(23)7-11-24(27)26(28)13-15-29(28,33)14-4-16-31/h5-6,8-9,17,24-26,31,33H,7,10-13,15-16,18H2,1-3H3/t24-,25+,26-,28-,29+/m0/s1. The number of carbonyl (C=O) groups is 1. The first kappa shape index (κ1) is 22.4. The maximum Gasteiger partial charge on any atom is 0.156 e. The normalized spacial score (nSPS) is 35.1. The number of fused-ring (bicyclic) bond motifs is 4. The molecule has 4 nitrogen and oxygen atoms in total. The summed E-state index contributed by atoms with van der Waals surface area (Å²) in [4.78, 5) is 14.3. The molecular formula is C29H35NO3. The topological polar surface area (TPSA) is 60.8 Å². The highest BCUT2D eigenvalue weighted by Crippen LogP contribution is 2.66. The van der Waals surface area contributed by atoms with Crippen LogP contribution >= 0.6 is 0 Å². The Morgan fingerprint density at radius 3 is 2.58 bits per heavy atom. The number of allylic oxidation sites excluding steroid dienone is 4. The number of aliphatic hydroxyl groups is 2. The fourth-order valence-electron chi connectivity index (χ4n) is 7.36. The van der Waals surface area contributed by atoms with E-state index < -0.39 is 5.60 Å². The van der Waals surface area contributed by atoms with Gasteiger partial charge in [0.1, 0.15) is 12.2 Å². The lowest BCUT2D eigenvalue weighted by molar-refractivity contribution is -0.114. The average Bonchev–Trinajstić information content (AvgIpc) is 3.07. The molecule has 2 N–H and O–H groups in total. The summed E-state index contributed by atoms with van der Waals surface area (Å²) < 4.78 is 0. The van der Waals surface area contributed by atoms with Crippen molar-refractivity contribution in [3.63, 3.8) is 0 Å². The third-order valence-electron chi connectivity index (χ3n) is 9.07. The van der Waals surface area contributed by atoms with E-state index in [9.17, 15) is 15.0 Å². The predicted octanol–water partition coefficient (Wildman–Crippen LogP) is 4.38. The Morgan fingerprint density at radius 2 is 1.88 bits per heavy atom. The molecule has 5 atom stereocenters. The number of ketones is 1. The summed E-state index contributed by atoms with van der Waals surface area (Å²) in [6, 6.07) is 8.85. The minimum Gasteiger partial charge on any atom is -0.384 e. The van der Waals surface area contributed by atoms with Crippen LogP contribution in [0.1, 0.15) is 63.4 Å². The van der Waals surface area contributed by atoms with Crippen LogP contribution in [0.5, 0.6) is 0 Å². The summed E-state index contributed by atoms with van der Waals surface area (Å²) >= 11 is 0. The maximum absolute atomic E-state index is 12.2. The molecule has 2 fully saturated rings. The van der Waals surface area contributed by atoms with E-state index in [1.54, 1.807) is 0 Å². The lowest BCUT2D eigenvalue weighted by atomic mass is 9.51. The van der Waals surface area contributed by atoms with Gasteiger partial charge in [-0.1, -0.05) is 36.5 Å². The first-order valence-corrected chi connectivity index (χ1v) is 12.3. The Hall–Kier alpha value is -2.35. The van der Waals surface area contributed by atoms with Gasteiger partial charge in [0.2, 0.25) is 0 Å². The zero-order valence-electron chi connectivity index (χ0n) is 20.0. The van der Waals surface area contributed by atoms with Crippen molar-refractivity contribution in [2.45, 2.75) is 63.4 Å². The highest BCUT2D eigenvalue weighted by atomic mass is 16.3. The minimum atomic E-state index is -1.07. The minimum absolute atomic E-state index is 0.208. The third kappa shape index (κ3) is 3.49. The van der Waals surface area contributed by atoms with Crippen molar-refractivity contribution in [2.24, 2.45) is 17.3 Å². The zero-order valence-corrected chi connectivity index (χ0v) is 20.0. The average molecular weight is 446 g/mol. The van der Waals surface area contributed by atoms with Gasteiger partial charge in [0.05, 0.1) is 0 Å². The van der Waals surface area contributed by atoms with Crippen LogP contribution in [0.15, 0.2) is 47.1 Å². The number of nitrogens with zero attached hydrogens (tertiary/aromatic N) is 1. The van der Waals surface area contributed by atoms with Gasteiger partial charge in [-0.25, -0.2) is 0 Å². The van der Waals surface area contributed by atoms with Crippen LogP contribution in [0.25, 0.3) is 0 Å². The highest BCUT2D eigenvalue weighted by molar-refractivity contribution is 5.93. The molecule has 4 heteroatoms. The fourth-order valence-corrected chi connectivity index (χ4v) is 7.36. The van der Waals surface area contributed by atoms with Gasteiger partial charge >= 0.3 is 0 Å². The molecular weight excluding hydrogens is 410 g/mol. The van der Waals surface area contributed by atoms with Crippen molar-refractivity contribution in [3.8, 4) is 11.8 Å². The molecule has 5 rings (SSSR count). The van der Waals surface area contributed by atoms with E-state index in [4.69, 9.17) is 0 Å². The molecule has 0 heterocycles. The molecule has 0 aromatic heterocycles. The molecule has 4 aliphatic rings. The Morgan fingerprint density at radius 1 is 1.12 bits per heavy atom. The summed E-state index contributed by atoms with van der Waals surface area (Å²) in [5.74, 6) is 7.10. The first-order chi connectivity index (χ1) is 15.8. The molecule has 0 unspecified atom stereocenters. The molecule has 2 saturated carbocycles. The van der Waals surface area contributed by atoms with E-state index in [2.05, 4.69) is 62.0 Å². The summed E-state index contributed by atoms with van der Waals surface area (Å²) in [5.41, 5.74) is 5.26. The van der Waals surface area contributed by atoms with Crippen LogP contribution in [0.2, 0.25) is 0 Å². The summed E-state index contributed by atoms with van der Waals surface area (Å²) in [6.07, 6.45) is 7.80. The number of hydrogen-bond acceptors (Lipinski definition) is 4. The second-order valence-electron chi connectivity index (χ2n) is 10.8. The smallest absolute Gasteiger partial charge is 0.156 e. The zero-order chi connectivity index (χ0) is 23.4. The lowest BCUT2D eigenvalue weighted by Crippen LogP contribution is -2.51. The van der Waals surface area contributed by atoms with Gasteiger partial charge in [-0.05, 0) is 85.3 Å². The Kier molecular flexibility index (Phi) is 5.54. The number of rotatable bonds is 2. The van der Waals surface area contributed by atoms with Crippen LogP contribution in [0.3, 0.4) is 0 Å². The van der Waals surface area contributed by atoms with E-state index in [-0.39, 0.29) is 23.7 Å². The fraction of sp³-hybridized carbons (Fsp3) is 0.552.